The van der Waals surface area contributed by atoms with Gasteiger partial charge in [-0.15, -0.1) is 11.3 Å². The zero-order valence-electron chi connectivity index (χ0n) is 13.3. The highest BCUT2D eigenvalue weighted by atomic mass is 35.5. The number of halogens is 1. The second-order valence-corrected chi connectivity index (χ2v) is 7.03. The Hall–Kier alpha value is -2.03. The van der Waals surface area contributed by atoms with Crippen molar-refractivity contribution in [3.05, 3.63) is 38.7 Å². The molecule has 4 nitrogen and oxygen atoms in total. The number of benzene rings is 1. The number of hydrogen-bond acceptors (Lipinski definition) is 5. The Kier molecular flexibility index (Phi) is 5.08. The Morgan fingerprint density at radius 3 is 2.96 bits per heavy atom. The van der Waals surface area contributed by atoms with Crippen LogP contribution in [-0.2, 0) is 12.8 Å². The maximum Gasteiger partial charge on any atom is 0.176 e. The van der Waals surface area contributed by atoms with Crippen LogP contribution in [0.1, 0.15) is 41.3 Å². The third kappa shape index (κ3) is 3.26. The molecular formula is C18H17ClN2O2S. The van der Waals surface area contributed by atoms with Gasteiger partial charge in [0, 0.05) is 11.1 Å². The predicted octanol–water partition coefficient (Wildman–Crippen LogP) is 5.01. The van der Waals surface area contributed by atoms with Crippen molar-refractivity contribution >= 4 is 34.2 Å². The fourth-order valence-corrected chi connectivity index (χ4v) is 4.23. The Morgan fingerprint density at radius 1 is 1.42 bits per heavy atom. The molecule has 0 fully saturated rings. The van der Waals surface area contributed by atoms with Gasteiger partial charge in [-0.3, -0.25) is 0 Å². The molecule has 0 saturated carbocycles. The minimum Gasteiger partial charge on any atom is -0.503 e. The number of thiophene rings is 1. The van der Waals surface area contributed by atoms with Crippen molar-refractivity contribution in [3.8, 4) is 17.6 Å². The Bertz CT molecular complexity index is 837. The maximum absolute atomic E-state index is 9.89. The summed E-state index contributed by atoms with van der Waals surface area (Å²) in [6, 6.07) is 5.61. The Morgan fingerprint density at radius 2 is 2.21 bits per heavy atom. The number of phenols is 1. The molecule has 0 aliphatic heterocycles. The van der Waals surface area contributed by atoms with Crippen LogP contribution in [0, 0.1) is 11.3 Å². The smallest absolute Gasteiger partial charge is 0.176 e. The summed E-state index contributed by atoms with van der Waals surface area (Å²) < 4.78 is 5.38. The predicted molar refractivity (Wildman–Crippen MR) is 97.2 cm³/mol. The van der Waals surface area contributed by atoms with E-state index in [4.69, 9.17) is 16.3 Å². The molecule has 1 aromatic carbocycles. The molecule has 6 heteroatoms. The fraction of sp³-hybridized carbons (Fsp3) is 0.333. The SMILES string of the molecule is CCOc1cc(/C=N/c2sc3c(c2C#N)CCCC3)cc(Cl)c1O. The lowest BCUT2D eigenvalue weighted by Crippen LogP contribution is -1.99. The molecule has 1 heterocycles. The standard InChI is InChI=1S/C18H17ClN2O2S/c1-2-23-15-8-11(7-14(19)17(15)22)10-21-18-13(9-20)12-5-3-4-6-16(12)24-18/h7-8,10,22H,2-6H2,1H3/b21-10+. The summed E-state index contributed by atoms with van der Waals surface area (Å²) in [5.41, 5.74) is 2.58. The number of aryl methyl sites for hydroxylation is 1. The van der Waals surface area contributed by atoms with Crippen LogP contribution in [0.5, 0.6) is 11.5 Å². The van der Waals surface area contributed by atoms with E-state index < -0.39 is 0 Å². The molecule has 0 saturated heterocycles. The molecule has 3 rings (SSSR count). The van der Waals surface area contributed by atoms with Crippen LogP contribution in [0.25, 0.3) is 0 Å². The number of nitriles is 1. The summed E-state index contributed by atoms with van der Waals surface area (Å²) >= 11 is 7.63. The maximum atomic E-state index is 9.89. The van der Waals surface area contributed by atoms with Crippen LogP contribution in [0.4, 0.5) is 5.00 Å². The van der Waals surface area contributed by atoms with Crippen LogP contribution >= 0.6 is 22.9 Å². The minimum atomic E-state index is -0.0695. The van der Waals surface area contributed by atoms with Crippen molar-refractivity contribution in [1.82, 2.24) is 0 Å². The molecule has 1 aliphatic carbocycles. The van der Waals surface area contributed by atoms with Crippen LogP contribution in [0.2, 0.25) is 5.02 Å². The van der Waals surface area contributed by atoms with Crippen LogP contribution < -0.4 is 4.74 Å². The van der Waals surface area contributed by atoms with E-state index in [2.05, 4.69) is 11.1 Å². The van der Waals surface area contributed by atoms with Crippen molar-refractivity contribution < 1.29 is 9.84 Å². The van der Waals surface area contributed by atoms with Gasteiger partial charge < -0.3 is 9.84 Å². The van der Waals surface area contributed by atoms with Gasteiger partial charge in [0.1, 0.15) is 11.1 Å². The van der Waals surface area contributed by atoms with E-state index in [0.29, 0.717) is 17.9 Å². The monoisotopic (exact) mass is 360 g/mol. The van der Waals surface area contributed by atoms with Gasteiger partial charge in [-0.2, -0.15) is 5.26 Å². The van der Waals surface area contributed by atoms with Crippen LogP contribution in [0.15, 0.2) is 17.1 Å². The lowest BCUT2D eigenvalue weighted by atomic mass is 9.96. The highest BCUT2D eigenvalue weighted by molar-refractivity contribution is 7.16. The van der Waals surface area contributed by atoms with Crippen molar-refractivity contribution in [3.63, 3.8) is 0 Å². The van der Waals surface area contributed by atoms with E-state index in [1.807, 2.05) is 6.92 Å². The van der Waals surface area contributed by atoms with E-state index in [1.165, 1.54) is 16.9 Å². The number of aliphatic imine (C=N–C) groups is 1. The summed E-state index contributed by atoms with van der Waals surface area (Å²) in [7, 11) is 0. The lowest BCUT2D eigenvalue weighted by Gasteiger charge is -2.09. The van der Waals surface area contributed by atoms with Crippen molar-refractivity contribution in [2.45, 2.75) is 32.6 Å². The second kappa shape index (κ2) is 7.25. The highest BCUT2D eigenvalue weighted by Gasteiger charge is 2.20. The molecule has 1 aromatic heterocycles. The van der Waals surface area contributed by atoms with Gasteiger partial charge in [0.15, 0.2) is 11.5 Å². The molecule has 0 bridgehead atoms. The van der Waals surface area contributed by atoms with E-state index in [0.717, 1.165) is 29.8 Å². The minimum absolute atomic E-state index is 0.0695. The fourth-order valence-electron chi connectivity index (χ4n) is 2.82. The quantitative estimate of drug-likeness (QED) is 0.779. The van der Waals surface area contributed by atoms with Gasteiger partial charge in [-0.05, 0) is 55.9 Å². The van der Waals surface area contributed by atoms with Gasteiger partial charge in [0.05, 0.1) is 17.2 Å². The summed E-state index contributed by atoms with van der Waals surface area (Å²) in [6.07, 6.45) is 5.96. The molecule has 1 aliphatic rings. The molecule has 2 aromatic rings. The third-order valence-corrected chi connectivity index (χ3v) is 5.43. The zero-order valence-corrected chi connectivity index (χ0v) is 14.9. The number of nitrogens with zero attached hydrogens (tertiary/aromatic N) is 2. The average molecular weight is 361 g/mol. The average Bonchev–Trinajstić information content (AvgIpc) is 2.95. The molecule has 0 radical (unpaired) electrons. The van der Waals surface area contributed by atoms with Crippen LogP contribution in [-0.4, -0.2) is 17.9 Å². The molecule has 0 unspecified atom stereocenters. The number of ether oxygens (including phenoxy) is 1. The second-order valence-electron chi connectivity index (χ2n) is 5.54. The number of phenolic OH excluding ortho intramolecular Hbond substituents is 1. The summed E-state index contributed by atoms with van der Waals surface area (Å²) in [4.78, 5) is 5.78. The first-order chi connectivity index (χ1) is 11.6. The lowest BCUT2D eigenvalue weighted by molar-refractivity contribution is 0.318. The van der Waals surface area contributed by atoms with E-state index in [1.54, 1.807) is 29.7 Å². The van der Waals surface area contributed by atoms with Crippen molar-refractivity contribution in [1.29, 1.82) is 5.26 Å². The molecule has 0 atom stereocenters. The molecule has 0 amide bonds. The Balaban J connectivity index is 1.94. The molecular weight excluding hydrogens is 344 g/mol. The number of hydrogen-bond donors (Lipinski definition) is 1. The first-order valence-electron chi connectivity index (χ1n) is 7.88. The van der Waals surface area contributed by atoms with Gasteiger partial charge >= 0.3 is 0 Å². The number of rotatable bonds is 4. The van der Waals surface area contributed by atoms with Gasteiger partial charge in [0.25, 0.3) is 0 Å². The molecule has 0 spiro atoms. The van der Waals surface area contributed by atoms with Gasteiger partial charge in [0.2, 0.25) is 0 Å². The molecule has 1 N–H and O–H groups in total. The van der Waals surface area contributed by atoms with Crippen LogP contribution in [0.3, 0.4) is 0 Å². The number of aromatic hydroxyl groups is 1. The van der Waals surface area contributed by atoms with E-state index in [9.17, 15) is 10.4 Å². The molecule has 124 valence electrons. The first-order valence-corrected chi connectivity index (χ1v) is 9.07. The third-order valence-electron chi connectivity index (χ3n) is 3.95. The summed E-state index contributed by atoms with van der Waals surface area (Å²) in [5.74, 6) is 0.261. The molecule has 24 heavy (non-hydrogen) atoms. The first kappa shape index (κ1) is 16.8. The van der Waals surface area contributed by atoms with Crippen molar-refractivity contribution in [2.24, 2.45) is 4.99 Å². The summed E-state index contributed by atoms with van der Waals surface area (Å²) in [5, 5.41) is 20.3. The van der Waals surface area contributed by atoms with Crippen molar-refractivity contribution in [2.75, 3.05) is 6.61 Å². The largest absolute Gasteiger partial charge is 0.503 e. The normalized spacial score (nSPS) is 13.7. The summed E-state index contributed by atoms with van der Waals surface area (Å²) in [6.45, 7) is 2.27. The number of fused-ring (bicyclic) bond motifs is 1. The van der Waals surface area contributed by atoms with Gasteiger partial charge in [-0.1, -0.05) is 11.6 Å². The topological polar surface area (TPSA) is 65.6 Å². The van der Waals surface area contributed by atoms with E-state index in [-0.39, 0.29) is 10.8 Å². The van der Waals surface area contributed by atoms with E-state index >= 15 is 0 Å². The zero-order chi connectivity index (χ0) is 17.1. The highest BCUT2D eigenvalue weighted by Crippen LogP contribution is 2.39. The Labute approximate surface area is 150 Å². The van der Waals surface area contributed by atoms with Gasteiger partial charge in [-0.25, -0.2) is 4.99 Å².